The number of hydrogen-bond donors (Lipinski definition) is 1. The van der Waals surface area contributed by atoms with Gasteiger partial charge in [0.1, 0.15) is 22.4 Å². The minimum atomic E-state index is -3.86. The smallest absolute Gasteiger partial charge is 0.205 e. The number of sulfone groups is 1. The molecule has 20 heavy (non-hydrogen) atoms. The van der Waals surface area contributed by atoms with Crippen LogP contribution in [0.25, 0.3) is 0 Å². The van der Waals surface area contributed by atoms with Gasteiger partial charge in [0.2, 0.25) is 5.43 Å². The number of aromatic amines is 1. The maximum atomic E-state index is 13.0. The van der Waals surface area contributed by atoms with Gasteiger partial charge in [0.05, 0.1) is 9.92 Å². The van der Waals surface area contributed by atoms with E-state index in [1.165, 1.54) is 0 Å². The van der Waals surface area contributed by atoms with E-state index in [1.807, 2.05) is 0 Å². The van der Waals surface area contributed by atoms with Gasteiger partial charge in [0, 0.05) is 6.07 Å². The van der Waals surface area contributed by atoms with Crippen LogP contribution in [0.3, 0.4) is 0 Å². The van der Waals surface area contributed by atoms with E-state index in [0.717, 1.165) is 24.3 Å². The molecule has 0 bridgehead atoms. The van der Waals surface area contributed by atoms with E-state index < -0.39 is 26.8 Å². The standard InChI is InChI=1S/C11H7Cl2FN2O3S/c12-7-3-6(1-2-8(7)14)20(18,19)5-9-10(17)4-11(13)16-15-9/h1-4H,5H2,(H,16,17). The molecular formula is C11H7Cl2FN2O3S. The summed E-state index contributed by atoms with van der Waals surface area (Å²) in [5.74, 6) is -1.37. The second-order valence-corrected chi connectivity index (χ2v) is 6.67. The molecule has 0 amide bonds. The van der Waals surface area contributed by atoms with Crippen molar-refractivity contribution in [3.8, 4) is 0 Å². The van der Waals surface area contributed by atoms with Crippen LogP contribution in [0, 0.1) is 5.82 Å². The second-order valence-electron chi connectivity index (χ2n) is 3.86. The lowest BCUT2D eigenvalue weighted by atomic mass is 10.3. The molecule has 0 aliphatic rings. The third-order valence-corrected chi connectivity index (χ3v) is 4.53. The Hall–Kier alpha value is -1.44. The zero-order chi connectivity index (χ0) is 14.9. The second kappa shape index (κ2) is 5.51. The first-order chi connectivity index (χ1) is 9.29. The van der Waals surface area contributed by atoms with Crippen LogP contribution in [0.1, 0.15) is 5.69 Å². The molecule has 1 N–H and O–H groups in total. The maximum Gasteiger partial charge on any atom is 0.205 e. The summed E-state index contributed by atoms with van der Waals surface area (Å²) in [5, 5.41) is 5.56. The molecule has 1 heterocycles. The molecular weight excluding hydrogens is 330 g/mol. The predicted molar refractivity (Wildman–Crippen MR) is 72.2 cm³/mol. The van der Waals surface area contributed by atoms with Gasteiger partial charge in [0.25, 0.3) is 0 Å². The van der Waals surface area contributed by atoms with Crippen LogP contribution in [-0.2, 0) is 15.6 Å². The summed E-state index contributed by atoms with van der Waals surface area (Å²) in [5.41, 5.74) is -0.819. The van der Waals surface area contributed by atoms with Gasteiger partial charge in [-0.1, -0.05) is 23.2 Å². The number of nitrogens with zero attached hydrogens (tertiary/aromatic N) is 1. The Balaban J connectivity index is 2.40. The highest BCUT2D eigenvalue weighted by Gasteiger charge is 2.19. The normalized spacial score (nSPS) is 11.6. The zero-order valence-electron chi connectivity index (χ0n) is 9.73. The molecule has 0 aliphatic carbocycles. The van der Waals surface area contributed by atoms with E-state index in [2.05, 4.69) is 10.2 Å². The fourth-order valence-corrected chi connectivity index (χ4v) is 3.14. The zero-order valence-corrected chi connectivity index (χ0v) is 12.1. The summed E-state index contributed by atoms with van der Waals surface area (Å²) in [6.07, 6.45) is 0. The molecule has 0 fully saturated rings. The van der Waals surface area contributed by atoms with Crippen LogP contribution in [0.15, 0.2) is 34.0 Å². The topological polar surface area (TPSA) is 79.9 Å². The molecule has 0 saturated heterocycles. The number of nitrogens with one attached hydrogen (secondary N) is 1. The third kappa shape index (κ3) is 3.17. The molecule has 0 aliphatic heterocycles. The Labute approximate surface area is 123 Å². The van der Waals surface area contributed by atoms with E-state index in [9.17, 15) is 17.6 Å². The lowest BCUT2D eigenvalue weighted by Crippen LogP contribution is -2.17. The first-order valence-electron chi connectivity index (χ1n) is 5.21. The van der Waals surface area contributed by atoms with Crippen LogP contribution < -0.4 is 5.43 Å². The molecule has 9 heteroatoms. The summed E-state index contributed by atoms with van der Waals surface area (Å²) in [6.45, 7) is 0. The third-order valence-electron chi connectivity index (χ3n) is 2.42. The van der Waals surface area contributed by atoms with Gasteiger partial charge < -0.3 is 0 Å². The Kier molecular flexibility index (Phi) is 4.12. The predicted octanol–water partition coefficient (Wildman–Crippen LogP) is 2.19. The van der Waals surface area contributed by atoms with Crippen molar-refractivity contribution in [1.29, 1.82) is 0 Å². The number of rotatable bonds is 3. The van der Waals surface area contributed by atoms with Crippen molar-refractivity contribution >= 4 is 33.0 Å². The lowest BCUT2D eigenvalue weighted by molar-refractivity contribution is 0.592. The minimum Gasteiger partial charge on any atom is -0.288 e. The van der Waals surface area contributed by atoms with Crippen LogP contribution in [-0.4, -0.2) is 18.6 Å². The van der Waals surface area contributed by atoms with E-state index in [4.69, 9.17) is 23.2 Å². The minimum absolute atomic E-state index is 0.000902. The highest BCUT2D eigenvalue weighted by molar-refractivity contribution is 7.90. The van der Waals surface area contributed by atoms with Gasteiger partial charge in [0.15, 0.2) is 9.84 Å². The van der Waals surface area contributed by atoms with Gasteiger partial charge in [-0.3, -0.25) is 9.89 Å². The Bertz CT molecular complexity index is 821. The molecule has 0 spiro atoms. The molecule has 5 nitrogen and oxygen atoms in total. The van der Waals surface area contributed by atoms with E-state index in [-0.39, 0.29) is 20.8 Å². The number of aromatic nitrogens is 2. The largest absolute Gasteiger partial charge is 0.288 e. The Morgan fingerprint density at radius 2 is 1.95 bits per heavy atom. The van der Waals surface area contributed by atoms with Crippen molar-refractivity contribution in [2.45, 2.75) is 10.6 Å². The maximum absolute atomic E-state index is 13.0. The number of halogens is 3. The summed E-state index contributed by atoms with van der Waals surface area (Å²) < 4.78 is 37.2. The van der Waals surface area contributed by atoms with Gasteiger partial charge in [-0.05, 0) is 18.2 Å². The molecule has 0 atom stereocenters. The number of benzene rings is 1. The van der Waals surface area contributed by atoms with Crippen molar-refractivity contribution in [2.75, 3.05) is 0 Å². The average molecular weight is 337 g/mol. The average Bonchev–Trinajstić information content (AvgIpc) is 2.36. The first-order valence-corrected chi connectivity index (χ1v) is 7.62. The quantitative estimate of drug-likeness (QED) is 0.871. The SMILES string of the molecule is O=c1cc(Cl)[nH]nc1CS(=O)(=O)c1ccc(F)c(Cl)c1. The molecule has 106 valence electrons. The number of hydrogen-bond acceptors (Lipinski definition) is 4. The fourth-order valence-electron chi connectivity index (χ4n) is 1.44. The molecule has 1 aromatic carbocycles. The lowest BCUT2D eigenvalue weighted by Gasteiger charge is -2.04. The van der Waals surface area contributed by atoms with Gasteiger partial charge in [-0.2, -0.15) is 5.10 Å². The number of H-pyrrole nitrogens is 1. The van der Waals surface area contributed by atoms with Crippen molar-refractivity contribution in [1.82, 2.24) is 10.2 Å². The summed E-state index contributed by atoms with van der Waals surface area (Å²) in [4.78, 5) is 11.4. The molecule has 0 saturated carbocycles. The van der Waals surface area contributed by atoms with Crippen LogP contribution >= 0.6 is 23.2 Å². The van der Waals surface area contributed by atoms with Crippen LogP contribution in [0.2, 0.25) is 10.2 Å². The van der Waals surface area contributed by atoms with Crippen molar-refractivity contribution in [3.63, 3.8) is 0 Å². The highest BCUT2D eigenvalue weighted by Crippen LogP contribution is 2.21. The molecule has 0 radical (unpaired) electrons. The first kappa shape index (κ1) is 15.0. The Morgan fingerprint density at radius 1 is 1.25 bits per heavy atom. The van der Waals surface area contributed by atoms with Gasteiger partial charge in [-0.15, -0.1) is 0 Å². The fraction of sp³-hybridized carbons (Fsp3) is 0.0909. The van der Waals surface area contributed by atoms with Gasteiger partial charge >= 0.3 is 0 Å². The van der Waals surface area contributed by atoms with Crippen molar-refractivity contribution in [3.05, 3.63) is 56.2 Å². The van der Waals surface area contributed by atoms with Crippen molar-refractivity contribution < 1.29 is 12.8 Å². The molecule has 0 unspecified atom stereocenters. The summed E-state index contributed by atoms with van der Waals surface area (Å²) in [7, 11) is -3.86. The Morgan fingerprint density at radius 3 is 2.55 bits per heavy atom. The molecule has 2 rings (SSSR count). The van der Waals surface area contributed by atoms with E-state index >= 15 is 0 Å². The van der Waals surface area contributed by atoms with Crippen LogP contribution in [0.4, 0.5) is 4.39 Å². The monoisotopic (exact) mass is 336 g/mol. The van der Waals surface area contributed by atoms with Crippen LogP contribution in [0.5, 0.6) is 0 Å². The summed E-state index contributed by atoms with van der Waals surface area (Å²) >= 11 is 11.1. The van der Waals surface area contributed by atoms with E-state index in [1.54, 1.807) is 0 Å². The van der Waals surface area contributed by atoms with Crippen molar-refractivity contribution in [2.24, 2.45) is 0 Å². The van der Waals surface area contributed by atoms with E-state index in [0.29, 0.717) is 0 Å². The van der Waals surface area contributed by atoms with Gasteiger partial charge in [-0.25, -0.2) is 12.8 Å². The summed E-state index contributed by atoms with van der Waals surface area (Å²) in [6, 6.07) is 4.02. The highest BCUT2D eigenvalue weighted by atomic mass is 35.5. The molecule has 1 aromatic heterocycles. The molecule has 2 aromatic rings.